The van der Waals surface area contributed by atoms with Crippen LogP contribution in [0.25, 0.3) is 0 Å². The molecule has 2 aliphatic rings. The topological polar surface area (TPSA) is 21.7 Å². The van der Waals surface area contributed by atoms with Gasteiger partial charge in [0.25, 0.3) is 0 Å². The van der Waals surface area contributed by atoms with E-state index in [1.165, 1.54) is 24.0 Å². The maximum atomic E-state index is 5.80. The molecular weight excluding hydrogens is 425 g/mol. The number of hydrogen-bond donors (Lipinski definition) is 0. The zero-order valence-electron chi connectivity index (χ0n) is 14.7. The van der Waals surface area contributed by atoms with Gasteiger partial charge in [0.15, 0.2) is 5.72 Å². The summed E-state index contributed by atoms with van der Waals surface area (Å²) in [5.41, 5.74) is 2.13. The van der Waals surface area contributed by atoms with Gasteiger partial charge in [-0.1, -0.05) is 60.7 Å². The average molecular weight is 451 g/mol. The lowest BCUT2D eigenvalue weighted by Gasteiger charge is -2.53. The molecule has 2 heterocycles. The predicted octanol–water partition coefficient (Wildman–Crippen LogP) is 5.10. The molecule has 3 nitrogen and oxygen atoms in total. The zero-order chi connectivity index (χ0) is 16.5. The Bertz CT molecular complexity index is 631. The van der Waals surface area contributed by atoms with Gasteiger partial charge in [-0.15, -0.1) is 24.0 Å². The zero-order valence-corrected chi connectivity index (χ0v) is 17.0. The van der Waals surface area contributed by atoms with E-state index in [9.17, 15) is 0 Å². The fourth-order valence-corrected chi connectivity index (χ4v) is 4.43. The Balaban J connectivity index is 0.00000182. The van der Waals surface area contributed by atoms with Gasteiger partial charge in [-0.05, 0) is 37.3 Å². The molecule has 1 unspecified atom stereocenters. The van der Waals surface area contributed by atoms with E-state index >= 15 is 0 Å². The highest BCUT2D eigenvalue weighted by atomic mass is 127. The highest BCUT2D eigenvalue weighted by molar-refractivity contribution is 14.0. The quantitative estimate of drug-likeness (QED) is 0.479. The van der Waals surface area contributed by atoms with E-state index in [4.69, 9.17) is 9.78 Å². The van der Waals surface area contributed by atoms with Crippen molar-refractivity contribution < 1.29 is 9.78 Å². The molecule has 1 atom stereocenters. The Morgan fingerprint density at radius 1 is 0.840 bits per heavy atom. The molecule has 134 valence electrons. The third-order valence-electron chi connectivity index (χ3n) is 5.59. The molecular formula is C21H26INO2. The first kappa shape index (κ1) is 18.8. The monoisotopic (exact) mass is 451 g/mol. The molecule has 2 saturated heterocycles. The number of piperidine rings is 1. The molecule has 0 bridgehead atoms. The molecule has 2 aromatic rings. The smallest absolute Gasteiger partial charge is 0.157 e. The van der Waals surface area contributed by atoms with Gasteiger partial charge >= 0.3 is 0 Å². The van der Waals surface area contributed by atoms with Crippen molar-refractivity contribution in [3.05, 3.63) is 71.8 Å². The summed E-state index contributed by atoms with van der Waals surface area (Å²) in [6.07, 6.45) is 4.41. The fourth-order valence-electron chi connectivity index (χ4n) is 4.43. The molecule has 0 spiro atoms. The fraction of sp³-hybridized carbons (Fsp3) is 0.429. The standard InChI is InChI=1S/C21H25NO2.HI/c1-20(15-17-23-24-20)22-16-9-8-14-21(22,18-10-4-2-5-11-18)19-12-6-3-7-13-19;/h2-7,10-13H,8-9,14-17H2,1H3;1H. The summed E-state index contributed by atoms with van der Waals surface area (Å²) in [4.78, 5) is 13.7. The summed E-state index contributed by atoms with van der Waals surface area (Å²) in [5, 5.41) is 0. The van der Waals surface area contributed by atoms with Crippen molar-refractivity contribution in [2.75, 3.05) is 13.2 Å². The second-order valence-electron chi connectivity index (χ2n) is 7.03. The summed E-state index contributed by atoms with van der Waals surface area (Å²) in [7, 11) is 0. The van der Waals surface area contributed by atoms with E-state index in [-0.39, 0.29) is 35.2 Å². The van der Waals surface area contributed by atoms with Crippen molar-refractivity contribution in [2.24, 2.45) is 0 Å². The molecule has 2 aromatic carbocycles. The van der Waals surface area contributed by atoms with Crippen LogP contribution in [0.4, 0.5) is 0 Å². The van der Waals surface area contributed by atoms with Crippen LogP contribution in [-0.2, 0) is 15.3 Å². The van der Waals surface area contributed by atoms with Gasteiger partial charge in [0.2, 0.25) is 0 Å². The van der Waals surface area contributed by atoms with Crippen LogP contribution in [-0.4, -0.2) is 23.8 Å². The van der Waals surface area contributed by atoms with E-state index in [2.05, 4.69) is 72.5 Å². The van der Waals surface area contributed by atoms with Gasteiger partial charge in [0.1, 0.15) is 0 Å². The van der Waals surface area contributed by atoms with Crippen LogP contribution in [0.5, 0.6) is 0 Å². The molecule has 2 fully saturated rings. The summed E-state index contributed by atoms with van der Waals surface area (Å²) >= 11 is 0. The van der Waals surface area contributed by atoms with Crippen LogP contribution in [0.15, 0.2) is 60.7 Å². The van der Waals surface area contributed by atoms with Gasteiger partial charge in [-0.3, -0.25) is 4.90 Å². The van der Waals surface area contributed by atoms with Crippen LogP contribution >= 0.6 is 24.0 Å². The summed E-state index contributed by atoms with van der Waals surface area (Å²) < 4.78 is 0. The van der Waals surface area contributed by atoms with Crippen molar-refractivity contribution in [2.45, 2.75) is 43.9 Å². The molecule has 0 aromatic heterocycles. The minimum Gasteiger partial charge on any atom is -0.259 e. The van der Waals surface area contributed by atoms with Gasteiger partial charge in [0, 0.05) is 13.0 Å². The number of likely N-dealkylation sites (tertiary alicyclic amines) is 1. The van der Waals surface area contributed by atoms with Crippen LogP contribution in [0.1, 0.15) is 43.7 Å². The first-order valence-electron chi connectivity index (χ1n) is 8.95. The number of halogens is 1. The van der Waals surface area contributed by atoms with E-state index in [1.54, 1.807) is 0 Å². The van der Waals surface area contributed by atoms with Crippen LogP contribution in [0, 0.1) is 0 Å². The minimum absolute atomic E-state index is 0. The van der Waals surface area contributed by atoms with Crippen LogP contribution < -0.4 is 0 Å². The second-order valence-corrected chi connectivity index (χ2v) is 7.03. The van der Waals surface area contributed by atoms with Gasteiger partial charge in [-0.25, -0.2) is 9.78 Å². The van der Waals surface area contributed by atoms with E-state index in [1.807, 2.05) is 0 Å². The van der Waals surface area contributed by atoms with Gasteiger partial charge in [-0.2, -0.15) is 0 Å². The maximum absolute atomic E-state index is 5.80. The Labute approximate surface area is 167 Å². The molecule has 0 aliphatic carbocycles. The molecule has 0 saturated carbocycles. The first-order chi connectivity index (χ1) is 11.8. The second kappa shape index (κ2) is 7.74. The van der Waals surface area contributed by atoms with E-state index < -0.39 is 0 Å². The van der Waals surface area contributed by atoms with Gasteiger partial charge < -0.3 is 0 Å². The largest absolute Gasteiger partial charge is 0.259 e. The summed E-state index contributed by atoms with van der Waals surface area (Å²) in [6.45, 7) is 3.85. The third kappa shape index (κ3) is 3.25. The van der Waals surface area contributed by atoms with Gasteiger partial charge in [0.05, 0.1) is 12.1 Å². The third-order valence-corrected chi connectivity index (χ3v) is 5.59. The Morgan fingerprint density at radius 2 is 1.44 bits per heavy atom. The molecule has 0 radical (unpaired) electrons. The molecule has 25 heavy (non-hydrogen) atoms. The predicted molar refractivity (Wildman–Crippen MR) is 110 cm³/mol. The molecule has 4 rings (SSSR count). The van der Waals surface area contributed by atoms with Crippen LogP contribution in [0.3, 0.4) is 0 Å². The molecule has 4 heteroatoms. The molecule has 0 N–H and O–H groups in total. The SMILES string of the molecule is CC1(N2CCCCC2(c2ccccc2)c2ccccc2)CCOO1.I. The summed E-state index contributed by atoms with van der Waals surface area (Å²) in [5.74, 6) is 0. The lowest BCUT2D eigenvalue weighted by atomic mass is 9.73. The van der Waals surface area contributed by atoms with Crippen molar-refractivity contribution in [1.82, 2.24) is 4.90 Å². The molecule has 0 amide bonds. The normalized spacial score (nSPS) is 26.1. The number of hydrogen-bond acceptors (Lipinski definition) is 3. The molecule has 2 aliphatic heterocycles. The lowest BCUT2D eigenvalue weighted by Crippen LogP contribution is -2.60. The van der Waals surface area contributed by atoms with Crippen LogP contribution in [0.2, 0.25) is 0 Å². The van der Waals surface area contributed by atoms with Crippen molar-refractivity contribution in [3.63, 3.8) is 0 Å². The summed E-state index contributed by atoms with van der Waals surface area (Å²) in [6, 6.07) is 21.8. The average Bonchev–Trinajstić information content (AvgIpc) is 3.11. The van der Waals surface area contributed by atoms with Crippen molar-refractivity contribution in [1.29, 1.82) is 0 Å². The minimum atomic E-state index is -0.383. The maximum Gasteiger partial charge on any atom is 0.157 e. The Hall–Kier alpha value is -0.950. The van der Waals surface area contributed by atoms with E-state index in [0.29, 0.717) is 6.61 Å². The first-order valence-corrected chi connectivity index (χ1v) is 8.95. The Morgan fingerprint density at radius 3 is 1.96 bits per heavy atom. The number of benzene rings is 2. The number of rotatable bonds is 3. The highest BCUT2D eigenvalue weighted by Crippen LogP contribution is 2.48. The van der Waals surface area contributed by atoms with Crippen molar-refractivity contribution >= 4 is 24.0 Å². The highest BCUT2D eigenvalue weighted by Gasteiger charge is 2.52. The van der Waals surface area contributed by atoms with Crippen molar-refractivity contribution in [3.8, 4) is 0 Å². The lowest BCUT2D eigenvalue weighted by molar-refractivity contribution is -0.350. The van der Waals surface area contributed by atoms with E-state index in [0.717, 1.165) is 19.4 Å². The number of nitrogens with zero attached hydrogens (tertiary/aromatic N) is 1. The Kier molecular flexibility index (Phi) is 5.83.